The van der Waals surface area contributed by atoms with Gasteiger partial charge in [0.25, 0.3) is 0 Å². The van der Waals surface area contributed by atoms with Crippen molar-refractivity contribution in [1.29, 1.82) is 5.26 Å². The Morgan fingerprint density at radius 2 is 1.91 bits per heavy atom. The Balaban J connectivity index is 1.41. The molecule has 4 rings (SSSR count). The van der Waals surface area contributed by atoms with Gasteiger partial charge in [-0.3, -0.25) is 4.72 Å². The summed E-state index contributed by atoms with van der Waals surface area (Å²) in [5.74, 6) is 0.722. The van der Waals surface area contributed by atoms with E-state index in [-0.39, 0.29) is 4.65 Å². The maximum Gasteiger partial charge on any atom is 0.229 e. The van der Waals surface area contributed by atoms with Gasteiger partial charge in [-0.15, -0.1) is 0 Å². The third kappa shape index (κ3) is 4.80. The Morgan fingerprint density at radius 3 is 2.53 bits per heavy atom. The fourth-order valence-corrected chi connectivity index (χ4v) is 5.09. The maximum absolute atomic E-state index is 13.3. The van der Waals surface area contributed by atoms with Crippen LogP contribution in [0.1, 0.15) is 29.5 Å². The second-order valence-electron chi connectivity index (χ2n) is 8.86. The summed E-state index contributed by atoms with van der Waals surface area (Å²) in [6, 6.07) is 14.7. The highest BCUT2D eigenvalue weighted by Gasteiger charge is 2.45. The molecule has 0 amide bonds. The lowest BCUT2D eigenvalue weighted by Gasteiger charge is -2.52. The van der Waals surface area contributed by atoms with E-state index in [2.05, 4.69) is 17.4 Å². The van der Waals surface area contributed by atoms with Crippen molar-refractivity contribution in [3.05, 3.63) is 76.5 Å². The number of piperidine rings is 1. The number of nitriles is 1. The van der Waals surface area contributed by atoms with Crippen LogP contribution in [0.25, 0.3) is 0 Å². The first-order valence-corrected chi connectivity index (χ1v) is 12.5. The standard InChI is InChI=1S/C24H27N3O4S/c1-18-15-21-16-22(26-32(2,29)30)7-8-23(21)31-24(18)10-13-27(28,14-11-24)12-9-19-3-5-20(17-25)6-4-19/h3-8,16,26H,1,9-15H2,2H3. The van der Waals surface area contributed by atoms with Crippen LogP contribution >= 0.6 is 0 Å². The summed E-state index contributed by atoms with van der Waals surface area (Å²) < 4.78 is 31.6. The van der Waals surface area contributed by atoms with Crippen molar-refractivity contribution in [2.75, 3.05) is 30.6 Å². The van der Waals surface area contributed by atoms with Crippen molar-refractivity contribution in [3.8, 4) is 11.8 Å². The second kappa shape index (κ2) is 8.24. The number of rotatable bonds is 5. The summed E-state index contributed by atoms with van der Waals surface area (Å²) >= 11 is 0. The molecule has 0 aliphatic carbocycles. The van der Waals surface area contributed by atoms with Crippen LogP contribution in [0.4, 0.5) is 5.69 Å². The van der Waals surface area contributed by atoms with E-state index in [1.54, 1.807) is 30.3 Å². The van der Waals surface area contributed by atoms with E-state index in [0.29, 0.717) is 56.6 Å². The zero-order valence-corrected chi connectivity index (χ0v) is 19.0. The predicted octanol–water partition coefficient (Wildman–Crippen LogP) is 3.51. The number of hydrogen-bond acceptors (Lipinski definition) is 5. The summed E-state index contributed by atoms with van der Waals surface area (Å²) in [6.07, 6.45) is 3.59. The molecule has 2 aromatic rings. The molecule has 2 aromatic carbocycles. The summed E-state index contributed by atoms with van der Waals surface area (Å²) in [4.78, 5) is 0. The number of hydroxylamine groups is 3. The minimum atomic E-state index is -3.35. The number of nitrogens with one attached hydrogen (secondary N) is 1. The Hall–Kier alpha value is -2.86. The molecule has 0 radical (unpaired) electrons. The third-order valence-electron chi connectivity index (χ3n) is 6.45. The van der Waals surface area contributed by atoms with E-state index in [0.717, 1.165) is 28.7 Å². The lowest BCUT2D eigenvalue weighted by molar-refractivity contribution is -0.887. The molecule has 0 aromatic heterocycles. The molecule has 168 valence electrons. The normalized spacial score (nSPS) is 25.0. The zero-order valence-electron chi connectivity index (χ0n) is 18.1. The van der Waals surface area contributed by atoms with E-state index in [4.69, 9.17) is 10.00 Å². The average Bonchev–Trinajstić information content (AvgIpc) is 2.75. The third-order valence-corrected chi connectivity index (χ3v) is 7.06. The summed E-state index contributed by atoms with van der Waals surface area (Å²) in [6.45, 7) is 5.66. The first-order valence-electron chi connectivity index (χ1n) is 10.6. The Morgan fingerprint density at radius 1 is 1.22 bits per heavy atom. The van der Waals surface area contributed by atoms with Crippen LogP contribution in [-0.4, -0.2) is 44.6 Å². The van der Waals surface area contributed by atoms with Gasteiger partial charge in [-0.2, -0.15) is 5.26 Å². The average molecular weight is 454 g/mol. The van der Waals surface area contributed by atoms with Crippen LogP contribution in [0, 0.1) is 16.5 Å². The summed E-state index contributed by atoms with van der Waals surface area (Å²) in [7, 11) is -3.35. The Labute approximate surface area is 189 Å². The summed E-state index contributed by atoms with van der Waals surface area (Å²) in [5, 5.41) is 22.2. The smallest absolute Gasteiger partial charge is 0.229 e. The van der Waals surface area contributed by atoms with Gasteiger partial charge in [-0.25, -0.2) is 8.42 Å². The highest BCUT2D eigenvalue weighted by Crippen LogP contribution is 2.43. The van der Waals surface area contributed by atoms with Gasteiger partial charge < -0.3 is 14.6 Å². The van der Waals surface area contributed by atoms with Gasteiger partial charge in [-0.05, 0) is 41.5 Å². The van der Waals surface area contributed by atoms with Crippen molar-refractivity contribution in [1.82, 2.24) is 0 Å². The highest BCUT2D eigenvalue weighted by atomic mass is 32.2. The van der Waals surface area contributed by atoms with Crippen LogP contribution in [0.15, 0.2) is 54.6 Å². The van der Waals surface area contributed by atoms with E-state index in [1.807, 2.05) is 12.1 Å². The van der Waals surface area contributed by atoms with Gasteiger partial charge >= 0.3 is 0 Å². The van der Waals surface area contributed by atoms with E-state index < -0.39 is 15.6 Å². The molecule has 1 N–H and O–H groups in total. The van der Waals surface area contributed by atoms with Gasteiger partial charge in [0.05, 0.1) is 37.5 Å². The van der Waals surface area contributed by atoms with Gasteiger partial charge in [0.15, 0.2) is 0 Å². The van der Waals surface area contributed by atoms with Crippen LogP contribution in [0.2, 0.25) is 0 Å². The van der Waals surface area contributed by atoms with Crippen LogP contribution in [-0.2, 0) is 22.9 Å². The minimum absolute atomic E-state index is 0.261. The molecular formula is C24H27N3O4S. The molecule has 1 saturated heterocycles. The quantitative estimate of drug-likeness (QED) is 0.424. The van der Waals surface area contributed by atoms with Crippen molar-refractivity contribution in [3.63, 3.8) is 0 Å². The Bertz CT molecular complexity index is 1170. The van der Waals surface area contributed by atoms with Crippen molar-refractivity contribution >= 4 is 15.7 Å². The molecule has 0 atom stereocenters. The SMILES string of the molecule is C=C1Cc2cc(NS(C)(=O)=O)ccc2OC12CC[N+]([O-])(CCc1ccc(C#N)cc1)CC2. The van der Waals surface area contributed by atoms with Gasteiger partial charge in [0.2, 0.25) is 10.0 Å². The molecule has 2 heterocycles. The number of hydrogen-bond donors (Lipinski definition) is 1. The molecular weight excluding hydrogens is 426 g/mol. The molecule has 1 fully saturated rings. The highest BCUT2D eigenvalue weighted by molar-refractivity contribution is 7.92. The van der Waals surface area contributed by atoms with Crippen molar-refractivity contribution in [2.24, 2.45) is 0 Å². The molecule has 2 aliphatic rings. The fourth-order valence-electron chi connectivity index (χ4n) is 4.53. The van der Waals surface area contributed by atoms with Gasteiger partial charge in [0.1, 0.15) is 11.4 Å². The largest absolute Gasteiger partial charge is 0.633 e. The van der Waals surface area contributed by atoms with E-state index in [1.165, 1.54) is 0 Å². The van der Waals surface area contributed by atoms with Gasteiger partial charge in [-0.1, -0.05) is 18.7 Å². The van der Waals surface area contributed by atoms with E-state index >= 15 is 0 Å². The molecule has 7 nitrogen and oxygen atoms in total. The number of benzene rings is 2. The number of sulfonamides is 1. The second-order valence-corrected chi connectivity index (χ2v) is 10.6. The van der Waals surface area contributed by atoms with E-state index in [9.17, 15) is 13.6 Å². The molecule has 1 spiro atoms. The molecule has 0 unspecified atom stereocenters. The Kier molecular flexibility index (Phi) is 5.76. The molecule has 32 heavy (non-hydrogen) atoms. The number of nitrogens with zero attached hydrogens (tertiary/aromatic N) is 2. The minimum Gasteiger partial charge on any atom is -0.633 e. The van der Waals surface area contributed by atoms with Crippen molar-refractivity contribution in [2.45, 2.75) is 31.3 Å². The number of ether oxygens (including phenoxy) is 1. The zero-order chi connectivity index (χ0) is 23.0. The van der Waals surface area contributed by atoms with Crippen LogP contribution < -0.4 is 9.46 Å². The molecule has 0 bridgehead atoms. The van der Waals surface area contributed by atoms with Crippen LogP contribution in [0.5, 0.6) is 5.75 Å². The number of anilines is 1. The maximum atomic E-state index is 13.3. The lowest BCUT2D eigenvalue weighted by atomic mass is 9.79. The first-order chi connectivity index (χ1) is 15.1. The van der Waals surface area contributed by atoms with Gasteiger partial charge in [0, 0.05) is 36.9 Å². The number of likely N-dealkylation sites (tertiary alicyclic amines) is 1. The fraction of sp³-hybridized carbons (Fsp3) is 0.375. The lowest BCUT2D eigenvalue weighted by Crippen LogP contribution is -2.57. The monoisotopic (exact) mass is 453 g/mol. The van der Waals surface area contributed by atoms with Crippen molar-refractivity contribution < 1.29 is 17.8 Å². The topological polar surface area (TPSA) is 102 Å². The number of fused-ring (bicyclic) bond motifs is 1. The first kappa shape index (κ1) is 22.3. The number of quaternary nitrogens is 1. The molecule has 2 aliphatic heterocycles. The summed E-state index contributed by atoms with van der Waals surface area (Å²) in [5.41, 5.74) is 3.46. The molecule has 0 saturated carbocycles. The predicted molar refractivity (Wildman–Crippen MR) is 123 cm³/mol. The molecule has 8 heteroatoms. The van der Waals surface area contributed by atoms with Crippen LogP contribution in [0.3, 0.4) is 0 Å².